The lowest BCUT2D eigenvalue weighted by atomic mass is 10.2. The number of rotatable bonds is 5. The average molecular weight is 483 g/mol. The van der Waals surface area contributed by atoms with Crippen LogP contribution in [0.3, 0.4) is 0 Å². The number of hydrogen-bond donors (Lipinski definition) is 1. The molecule has 0 spiro atoms. The number of nitrogens with zero attached hydrogens (tertiary/aromatic N) is 3. The van der Waals surface area contributed by atoms with Crippen LogP contribution in [0.15, 0.2) is 77.6 Å². The van der Waals surface area contributed by atoms with Gasteiger partial charge in [0.25, 0.3) is 11.5 Å². The lowest BCUT2D eigenvalue weighted by molar-refractivity contribution is 0.103. The Balaban J connectivity index is 1.48. The van der Waals surface area contributed by atoms with Crippen molar-refractivity contribution < 1.29 is 9.53 Å². The number of nitrogens with one attached hydrogen (secondary N) is 1. The van der Waals surface area contributed by atoms with Gasteiger partial charge in [-0.1, -0.05) is 30.3 Å². The Kier molecular flexibility index (Phi) is 5.88. The Morgan fingerprint density at radius 2 is 1.71 bits per heavy atom. The van der Waals surface area contributed by atoms with Crippen LogP contribution in [0, 0.1) is 13.8 Å². The van der Waals surface area contributed by atoms with Crippen LogP contribution >= 0.6 is 11.3 Å². The predicted molar refractivity (Wildman–Crippen MR) is 139 cm³/mol. The maximum atomic E-state index is 13.4. The first kappa shape index (κ1) is 22.5. The highest BCUT2D eigenvalue weighted by molar-refractivity contribution is 7.17. The van der Waals surface area contributed by atoms with Gasteiger partial charge in [-0.15, -0.1) is 11.3 Å². The van der Waals surface area contributed by atoms with Crippen LogP contribution in [0.1, 0.15) is 21.2 Å². The van der Waals surface area contributed by atoms with E-state index in [9.17, 15) is 9.59 Å². The molecular formula is C27H22N4O3S. The topological polar surface area (TPSA) is 86.1 Å². The molecule has 0 bridgehead atoms. The van der Waals surface area contributed by atoms with Crippen molar-refractivity contribution in [2.75, 3.05) is 12.4 Å². The molecule has 0 aliphatic rings. The zero-order chi connectivity index (χ0) is 24.5. The molecular weight excluding hydrogens is 460 g/mol. The first-order valence-electron chi connectivity index (χ1n) is 11.0. The number of amides is 1. The smallest absolute Gasteiger partial charge is 0.267 e. The molecule has 174 valence electrons. The molecule has 5 rings (SSSR count). The summed E-state index contributed by atoms with van der Waals surface area (Å²) in [5, 5.41) is 4.11. The van der Waals surface area contributed by atoms with E-state index in [1.807, 2.05) is 49.4 Å². The van der Waals surface area contributed by atoms with Gasteiger partial charge in [-0.25, -0.2) is 9.97 Å². The zero-order valence-corrected chi connectivity index (χ0v) is 20.2. The van der Waals surface area contributed by atoms with Gasteiger partial charge in [0.15, 0.2) is 0 Å². The van der Waals surface area contributed by atoms with Crippen LogP contribution in [0.5, 0.6) is 5.75 Å². The summed E-state index contributed by atoms with van der Waals surface area (Å²) in [6.07, 6.45) is 0. The minimum atomic E-state index is -0.267. The summed E-state index contributed by atoms with van der Waals surface area (Å²) in [5.41, 5.74) is 3.17. The molecule has 35 heavy (non-hydrogen) atoms. The van der Waals surface area contributed by atoms with Crippen molar-refractivity contribution in [2.24, 2.45) is 0 Å². The van der Waals surface area contributed by atoms with Gasteiger partial charge in [0, 0.05) is 11.3 Å². The molecule has 0 atom stereocenters. The van der Waals surface area contributed by atoms with Crippen LogP contribution in [0.25, 0.3) is 27.2 Å². The summed E-state index contributed by atoms with van der Waals surface area (Å²) in [6, 6.07) is 22.1. The third kappa shape index (κ3) is 4.31. The van der Waals surface area contributed by atoms with Crippen LogP contribution in [0.2, 0.25) is 0 Å². The summed E-state index contributed by atoms with van der Waals surface area (Å²) in [6.45, 7) is 3.61. The van der Waals surface area contributed by atoms with E-state index in [1.165, 1.54) is 11.3 Å². The van der Waals surface area contributed by atoms with Gasteiger partial charge < -0.3 is 10.1 Å². The highest BCUT2D eigenvalue weighted by Gasteiger charge is 2.17. The molecule has 0 saturated heterocycles. The first-order chi connectivity index (χ1) is 16.9. The van der Waals surface area contributed by atoms with Crippen LogP contribution in [-0.4, -0.2) is 27.6 Å². The van der Waals surface area contributed by atoms with Crippen molar-refractivity contribution in [1.29, 1.82) is 0 Å². The monoisotopic (exact) mass is 482 g/mol. The number of carbonyl (C=O) groups is 1. The van der Waals surface area contributed by atoms with Crippen molar-refractivity contribution in [3.05, 3.63) is 99.5 Å². The first-order valence-corrected chi connectivity index (χ1v) is 11.8. The van der Waals surface area contributed by atoms with E-state index in [1.54, 1.807) is 48.9 Å². The molecule has 2 heterocycles. The summed E-state index contributed by atoms with van der Waals surface area (Å²) >= 11 is 1.34. The lowest BCUT2D eigenvalue weighted by Crippen LogP contribution is -2.22. The molecule has 1 N–H and O–H groups in total. The number of hydrogen-bond acceptors (Lipinski definition) is 6. The predicted octanol–water partition coefficient (Wildman–Crippen LogP) is 5.39. The SMILES string of the molecule is COc1ccc(-n2c(C)nc3ccc(NC(=O)c4sc(-c5ccccc5)nc4C)cc3c2=O)cc1. The summed E-state index contributed by atoms with van der Waals surface area (Å²) in [7, 11) is 1.59. The van der Waals surface area contributed by atoms with Crippen LogP contribution in [-0.2, 0) is 0 Å². The third-order valence-electron chi connectivity index (χ3n) is 5.65. The molecule has 0 unspecified atom stereocenters. The van der Waals surface area contributed by atoms with Crippen molar-refractivity contribution in [2.45, 2.75) is 13.8 Å². The zero-order valence-electron chi connectivity index (χ0n) is 19.4. The van der Waals surface area contributed by atoms with Gasteiger partial charge >= 0.3 is 0 Å². The van der Waals surface area contributed by atoms with E-state index in [0.29, 0.717) is 44.4 Å². The van der Waals surface area contributed by atoms with Crippen molar-refractivity contribution in [3.8, 4) is 22.0 Å². The summed E-state index contributed by atoms with van der Waals surface area (Å²) in [5.74, 6) is 1.00. The van der Waals surface area contributed by atoms with E-state index in [4.69, 9.17) is 4.74 Å². The third-order valence-corrected chi connectivity index (χ3v) is 6.85. The van der Waals surface area contributed by atoms with Crippen molar-refractivity contribution in [1.82, 2.24) is 14.5 Å². The standard InChI is InChI=1S/C27H22N4O3S/c1-16-24(35-26(28-16)18-7-5-4-6-8-18)25(32)30-19-9-14-23-22(15-19)27(33)31(17(2)29-23)20-10-12-21(34-3)13-11-20/h4-15H,1-3H3,(H,30,32). The van der Waals surface area contributed by atoms with Crippen LogP contribution < -0.4 is 15.6 Å². The molecule has 0 aliphatic carbocycles. The molecule has 7 nitrogen and oxygen atoms in total. The van der Waals surface area contributed by atoms with E-state index in [-0.39, 0.29) is 11.5 Å². The molecule has 1 amide bonds. The Bertz CT molecular complexity index is 1610. The molecule has 0 radical (unpaired) electrons. The number of ether oxygens (including phenoxy) is 1. The largest absolute Gasteiger partial charge is 0.497 e. The number of aromatic nitrogens is 3. The number of fused-ring (bicyclic) bond motifs is 1. The molecule has 2 aromatic heterocycles. The highest BCUT2D eigenvalue weighted by Crippen LogP contribution is 2.28. The van der Waals surface area contributed by atoms with Crippen LogP contribution in [0.4, 0.5) is 5.69 Å². The fourth-order valence-electron chi connectivity index (χ4n) is 3.91. The number of anilines is 1. The number of thiazole rings is 1. The molecule has 0 aliphatic heterocycles. The second kappa shape index (κ2) is 9.15. The van der Waals surface area contributed by atoms with Gasteiger partial charge in [-0.05, 0) is 56.3 Å². The van der Waals surface area contributed by atoms with Crippen molar-refractivity contribution >= 4 is 33.8 Å². The van der Waals surface area contributed by atoms with Gasteiger partial charge in [0.1, 0.15) is 21.5 Å². The number of aryl methyl sites for hydroxylation is 2. The summed E-state index contributed by atoms with van der Waals surface area (Å²) < 4.78 is 6.76. The fourth-order valence-corrected chi connectivity index (χ4v) is 4.88. The molecule has 0 saturated carbocycles. The quantitative estimate of drug-likeness (QED) is 0.363. The average Bonchev–Trinajstić information content (AvgIpc) is 3.27. The second-order valence-electron chi connectivity index (χ2n) is 7.98. The van der Waals surface area contributed by atoms with Gasteiger partial charge in [-0.3, -0.25) is 14.2 Å². The lowest BCUT2D eigenvalue weighted by Gasteiger charge is -2.12. The Labute approximate surface area is 205 Å². The highest BCUT2D eigenvalue weighted by atomic mass is 32.1. The molecule has 3 aromatic carbocycles. The maximum Gasteiger partial charge on any atom is 0.267 e. The number of benzene rings is 3. The minimum absolute atomic E-state index is 0.214. The van der Waals surface area contributed by atoms with E-state index in [0.717, 1.165) is 10.6 Å². The van der Waals surface area contributed by atoms with Gasteiger partial charge in [0.2, 0.25) is 0 Å². The Hall–Kier alpha value is -4.30. The Morgan fingerprint density at radius 3 is 2.43 bits per heavy atom. The van der Waals surface area contributed by atoms with E-state index in [2.05, 4.69) is 15.3 Å². The van der Waals surface area contributed by atoms with E-state index >= 15 is 0 Å². The van der Waals surface area contributed by atoms with Gasteiger partial charge in [-0.2, -0.15) is 0 Å². The number of carbonyl (C=O) groups excluding carboxylic acids is 1. The molecule has 0 fully saturated rings. The molecule has 8 heteroatoms. The number of methoxy groups -OCH3 is 1. The Morgan fingerprint density at radius 1 is 0.971 bits per heavy atom. The fraction of sp³-hybridized carbons (Fsp3) is 0.111. The van der Waals surface area contributed by atoms with Crippen molar-refractivity contribution in [3.63, 3.8) is 0 Å². The van der Waals surface area contributed by atoms with Gasteiger partial charge in [0.05, 0.1) is 29.4 Å². The van der Waals surface area contributed by atoms with E-state index < -0.39 is 0 Å². The normalized spacial score (nSPS) is 10.9. The minimum Gasteiger partial charge on any atom is -0.497 e. The molecule has 5 aromatic rings. The summed E-state index contributed by atoms with van der Waals surface area (Å²) in [4.78, 5) is 36.1. The maximum absolute atomic E-state index is 13.4. The second-order valence-corrected chi connectivity index (χ2v) is 8.98.